The van der Waals surface area contributed by atoms with E-state index in [1.165, 1.54) is 11.1 Å². The van der Waals surface area contributed by atoms with Crippen LogP contribution >= 0.6 is 0 Å². The number of carbonyl (C=O) groups is 1. The first-order valence-corrected chi connectivity index (χ1v) is 13.2. The molecule has 3 aromatic carbocycles. The number of hydrogen-bond acceptors (Lipinski definition) is 5. The molecule has 2 heterocycles. The van der Waals surface area contributed by atoms with Crippen molar-refractivity contribution in [3.05, 3.63) is 77.6 Å². The average molecular weight is 514 g/mol. The molecule has 0 bridgehead atoms. The number of ether oxygens (including phenoxy) is 3. The number of aromatic nitrogens is 2. The van der Waals surface area contributed by atoms with E-state index in [1.807, 2.05) is 48.5 Å². The summed E-state index contributed by atoms with van der Waals surface area (Å²) in [7, 11) is 3.24. The van der Waals surface area contributed by atoms with Gasteiger partial charge in [-0.05, 0) is 68.1 Å². The molecule has 1 amide bonds. The molecule has 0 radical (unpaired) electrons. The van der Waals surface area contributed by atoms with Crippen molar-refractivity contribution in [2.75, 3.05) is 32.3 Å². The average Bonchev–Trinajstić information content (AvgIpc) is 3.50. The molecule has 1 fully saturated rings. The van der Waals surface area contributed by atoms with Gasteiger partial charge < -0.3 is 23.7 Å². The van der Waals surface area contributed by atoms with Crippen LogP contribution in [0.15, 0.2) is 60.7 Å². The predicted molar refractivity (Wildman–Crippen MR) is 150 cm³/mol. The van der Waals surface area contributed by atoms with E-state index in [-0.39, 0.29) is 11.8 Å². The molecule has 1 atom stereocenters. The van der Waals surface area contributed by atoms with Crippen molar-refractivity contribution in [1.29, 1.82) is 0 Å². The van der Waals surface area contributed by atoms with Gasteiger partial charge >= 0.3 is 0 Å². The largest absolute Gasteiger partial charge is 0.497 e. The number of amides is 1. The molecule has 0 spiro atoms. The van der Waals surface area contributed by atoms with Crippen molar-refractivity contribution in [3.63, 3.8) is 0 Å². The zero-order chi connectivity index (χ0) is 26.6. The van der Waals surface area contributed by atoms with Crippen LogP contribution in [0.2, 0.25) is 0 Å². The molecular weight excluding hydrogens is 478 g/mol. The number of anilines is 1. The number of benzene rings is 3. The van der Waals surface area contributed by atoms with Gasteiger partial charge in [-0.25, -0.2) is 4.98 Å². The minimum Gasteiger partial charge on any atom is -0.497 e. The number of para-hydroxylation sites is 2. The maximum Gasteiger partial charge on any atom is 0.227 e. The van der Waals surface area contributed by atoms with Gasteiger partial charge in [-0.15, -0.1) is 0 Å². The number of rotatable bonds is 10. The van der Waals surface area contributed by atoms with Crippen molar-refractivity contribution >= 4 is 22.6 Å². The van der Waals surface area contributed by atoms with Crippen molar-refractivity contribution in [3.8, 4) is 17.2 Å². The van der Waals surface area contributed by atoms with Gasteiger partial charge in [0.05, 0.1) is 37.5 Å². The maximum atomic E-state index is 13.2. The number of imidazole rings is 1. The third-order valence-corrected chi connectivity index (χ3v) is 7.44. The molecule has 4 aromatic rings. The van der Waals surface area contributed by atoms with Gasteiger partial charge in [0.1, 0.15) is 23.1 Å². The topological polar surface area (TPSA) is 65.8 Å². The van der Waals surface area contributed by atoms with Crippen molar-refractivity contribution in [1.82, 2.24) is 9.55 Å². The Morgan fingerprint density at radius 2 is 1.79 bits per heavy atom. The van der Waals surface area contributed by atoms with E-state index < -0.39 is 0 Å². The van der Waals surface area contributed by atoms with Crippen LogP contribution in [0.3, 0.4) is 0 Å². The van der Waals surface area contributed by atoms with E-state index in [4.69, 9.17) is 19.2 Å². The maximum absolute atomic E-state index is 13.2. The fourth-order valence-electron chi connectivity index (χ4n) is 5.20. The highest BCUT2D eigenvalue weighted by Gasteiger charge is 2.36. The smallest absolute Gasteiger partial charge is 0.227 e. The number of hydrogen-bond donors (Lipinski definition) is 0. The summed E-state index contributed by atoms with van der Waals surface area (Å²) in [5.74, 6) is 3.29. The standard InChI is InChI=1S/C31H35N3O4/c1-21-10-9-13-28(22(21)2)38-17-8-7-16-33-26-12-6-5-11-25(26)32-31(33)23-18-30(35)34(20-23)27-19-24(36-3)14-15-29(27)37-4/h5-6,9-15,19,23H,7-8,16-18,20H2,1-4H3. The van der Waals surface area contributed by atoms with Crippen LogP contribution in [-0.2, 0) is 11.3 Å². The fourth-order valence-corrected chi connectivity index (χ4v) is 5.20. The number of unbranched alkanes of at least 4 members (excludes halogenated alkanes) is 1. The molecule has 5 rings (SSSR count). The molecule has 198 valence electrons. The van der Waals surface area contributed by atoms with Crippen LogP contribution in [-0.4, -0.2) is 42.8 Å². The van der Waals surface area contributed by atoms with Gasteiger partial charge in [0.2, 0.25) is 5.91 Å². The monoisotopic (exact) mass is 513 g/mol. The summed E-state index contributed by atoms with van der Waals surface area (Å²) in [5, 5.41) is 0. The van der Waals surface area contributed by atoms with Crippen LogP contribution in [0.5, 0.6) is 17.2 Å². The lowest BCUT2D eigenvalue weighted by molar-refractivity contribution is -0.117. The fraction of sp³-hybridized carbons (Fsp3) is 0.355. The Bertz CT molecular complexity index is 1440. The third-order valence-electron chi connectivity index (χ3n) is 7.44. The first kappa shape index (κ1) is 25.6. The molecule has 38 heavy (non-hydrogen) atoms. The van der Waals surface area contributed by atoms with E-state index in [0.29, 0.717) is 31.1 Å². The number of nitrogens with zero attached hydrogens (tertiary/aromatic N) is 3. The first-order chi connectivity index (χ1) is 18.5. The van der Waals surface area contributed by atoms with E-state index >= 15 is 0 Å². The highest BCUT2D eigenvalue weighted by molar-refractivity contribution is 5.98. The van der Waals surface area contributed by atoms with Crippen LogP contribution in [0.25, 0.3) is 11.0 Å². The molecular formula is C31H35N3O4. The van der Waals surface area contributed by atoms with Gasteiger partial charge in [0, 0.05) is 31.5 Å². The van der Waals surface area contributed by atoms with Crippen LogP contribution in [0.1, 0.15) is 42.1 Å². The van der Waals surface area contributed by atoms with Gasteiger partial charge in [-0.3, -0.25) is 4.79 Å². The number of aryl methyl sites for hydroxylation is 2. The summed E-state index contributed by atoms with van der Waals surface area (Å²) in [6.45, 7) is 6.23. The molecule has 0 N–H and O–H groups in total. The Balaban J connectivity index is 1.32. The van der Waals surface area contributed by atoms with Gasteiger partial charge in [-0.2, -0.15) is 0 Å². The summed E-state index contributed by atoms with van der Waals surface area (Å²) >= 11 is 0. The summed E-state index contributed by atoms with van der Waals surface area (Å²) in [4.78, 5) is 20.0. The molecule has 7 nitrogen and oxygen atoms in total. The second kappa shape index (κ2) is 11.2. The van der Waals surface area contributed by atoms with Gasteiger partial charge in [0.15, 0.2) is 0 Å². The number of methoxy groups -OCH3 is 2. The molecule has 0 saturated carbocycles. The second-order valence-electron chi connectivity index (χ2n) is 9.81. The first-order valence-electron chi connectivity index (χ1n) is 13.2. The van der Waals surface area contributed by atoms with Crippen LogP contribution in [0.4, 0.5) is 5.69 Å². The Morgan fingerprint density at radius 3 is 2.61 bits per heavy atom. The normalized spacial score (nSPS) is 15.3. The Labute approximate surface area is 224 Å². The molecule has 1 aromatic heterocycles. The van der Waals surface area contributed by atoms with E-state index in [1.54, 1.807) is 19.1 Å². The van der Waals surface area contributed by atoms with Gasteiger partial charge in [-0.1, -0.05) is 24.3 Å². The third kappa shape index (κ3) is 5.05. The number of fused-ring (bicyclic) bond motifs is 1. The van der Waals surface area contributed by atoms with Crippen molar-refractivity contribution < 1.29 is 19.0 Å². The van der Waals surface area contributed by atoms with Crippen molar-refractivity contribution in [2.24, 2.45) is 0 Å². The summed E-state index contributed by atoms with van der Waals surface area (Å²) in [6.07, 6.45) is 2.28. The minimum absolute atomic E-state index is 0.0167. The molecule has 0 aliphatic carbocycles. The Hall–Kier alpha value is -4.00. The lowest BCUT2D eigenvalue weighted by Gasteiger charge is -2.20. The Morgan fingerprint density at radius 1 is 0.947 bits per heavy atom. The molecule has 1 saturated heterocycles. The zero-order valence-electron chi connectivity index (χ0n) is 22.6. The highest BCUT2D eigenvalue weighted by Crippen LogP contribution is 2.39. The van der Waals surface area contributed by atoms with Crippen molar-refractivity contribution in [2.45, 2.75) is 45.6 Å². The summed E-state index contributed by atoms with van der Waals surface area (Å²) in [5.41, 5.74) is 5.22. The van der Waals surface area contributed by atoms with E-state index in [0.717, 1.165) is 47.7 Å². The summed E-state index contributed by atoms with van der Waals surface area (Å²) in [6, 6.07) is 19.9. The van der Waals surface area contributed by atoms with Crippen LogP contribution < -0.4 is 19.1 Å². The summed E-state index contributed by atoms with van der Waals surface area (Å²) < 4.78 is 19.3. The lowest BCUT2D eigenvalue weighted by atomic mass is 10.1. The minimum atomic E-state index is -0.0167. The molecule has 7 heteroatoms. The lowest BCUT2D eigenvalue weighted by Crippen LogP contribution is -2.25. The predicted octanol–water partition coefficient (Wildman–Crippen LogP) is 6.05. The van der Waals surface area contributed by atoms with E-state index in [2.05, 4.69) is 30.5 Å². The number of carbonyl (C=O) groups excluding carboxylic acids is 1. The molecule has 1 aliphatic rings. The quantitative estimate of drug-likeness (QED) is 0.242. The molecule has 1 unspecified atom stereocenters. The highest BCUT2D eigenvalue weighted by atomic mass is 16.5. The van der Waals surface area contributed by atoms with Crippen LogP contribution in [0, 0.1) is 13.8 Å². The van der Waals surface area contributed by atoms with E-state index in [9.17, 15) is 4.79 Å². The van der Waals surface area contributed by atoms with Gasteiger partial charge in [0.25, 0.3) is 0 Å². The SMILES string of the molecule is COc1ccc(OC)c(N2CC(c3nc4ccccc4n3CCCCOc3cccc(C)c3C)CC2=O)c1. The second-order valence-corrected chi connectivity index (χ2v) is 9.81. The molecule has 1 aliphatic heterocycles. The zero-order valence-corrected chi connectivity index (χ0v) is 22.6. The Kier molecular flexibility index (Phi) is 7.54.